The predicted molar refractivity (Wildman–Crippen MR) is 63.6 cm³/mol. The lowest BCUT2D eigenvalue weighted by Crippen LogP contribution is -2.25. The monoisotopic (exact) mass is 237 g/mol. The van der Waals surface area contributed by atoms with Gasteiger partial charge in [-0.15, -0.1) is 0 Å². The molecule has 92 valence electrons. The molecule has 17 heavy (non-hydrogen) atoms. The Morgan fingerprint density at radius 2 is 1.88 bits per heavy atom. The first-order valence-corrected chi connectivity index (χ1v) is 5.29. The van der Waals surface area contributed by atoms with Crippen molar-refractivity contribution >= 4 is 17.3 Å². The van der Waals surface area contributed by atoms with Crippen LogP contribution in [0, 0.1) is 0 Å². The van der Waals surface area contributed by atoms with Crippen molar-refractivity contribution in [1.82, 2.24) is 0 Å². The van der Waals surface area contributed by atoms with Crippen LogP contribution in [0.2, 0.25) is 0 Å². The van der Waals surface area contributed by atoms with Gasteiger partial charge in [-0.25, -0.2) is 0 Å². The second kappa shape index (κ2) is 4.23. The molecule has 6 nitrogen and oxygen atoms in total. The number of amides is 1. The van der Waals surface area contributed by atoms with Gasteiger partial charge in [0.15, 0.2) is 0 Å². The molecule has 6 heteroatoms. The molecule has 2 atom stereocenters. The Labute approximate surface area is 98.4 Å². The van der Waals surface area contributed by atoms with Gasteiger partial charge >= 0.3 is 0 Å². The van der Waals surface area contributed by atoms with Crippen LogP contribution in [-0.2, 0) is 0 Å². The average molecular weight is 237 g/mol. The molecule has 1 aromatic carbocycles. The van der Waals surface area contributed by atoms with E-state index in [1.165, 1.54) is 6.07 Å². The third kappa shape index (κ3) is 2.17. The van der Waals surface area contributed by atoms with Gasteiger partial charge in [0.2, 0.25) is 0 Å². The van der Waals surface area contributed by atoms with Crippen LogP contribution in [0.5, 0.6) is 0 Å². The van der Waals surface area contributed by atoms with E-state index in [-0.39, 0.29) is 13.1 Å². The van der Waals surface area contributed by atoms with E-state index in [4.69, 9.17) is 11.5 Å². The fraction of sp³-hybridized carbons (Fsp3) is 0.364. The second-order valence-electron chi connectivity index (χ2n) is 4.18. The number of nitrogens with two attached hydrogens (primary N) is 2. The zero-order valence-corrected chi connectivity index (χ0v) is 9.21. The summed E-state index contributed by atoms with van der Waals surface area (Å²) in [5, 5.41) is 19.0. The molecule has 1 amide bonds. The number of benzene rings is 1. The van der Waals surface area contributed by atoms with Gasteiger partial charge in [-0.05, 0) is 18.2 Å². The molecule has 2 rings (SSSR count). The first kappa shape index (κ1) is 11.7. The molecular weight excluding hydrogens is 222 g/mol. The topological polar surface area (TPSA) is 113 Å². The van der Waals surface area contributed by atoms with Gasteiger partial charge < -0.3 is 26.6 Å². The molecule has 1 saturated heterocycles. The molecule has 1 heterocycles. The van der Waals surface area contributed by atoms with E-state index in [9.17, 15) is 15.0 Å². The lowest BCUT2D eigenvalue weighted by molar-refractivity contribution is 0.0572. The highest BCUT2D eigenvalue weighted by atomic mass is 16.3. The summed E-state index contributed by atoms with van der Waals surface area (Å²) in [6.07, 6.45) is -1.62. The van der Waals surface area contributed by atoms with Crippen LogP contribution >= 0.6 is 0 Å². The van der Waals surface area contributed by atoms with E-state index < -0.39 is 18.1 Å². The fourth-order valence-corrected chi connectivity index (χ4v) is 1.99. The standard InChI is InChI=1S/C11H15N3O3/c12-6-1-2-8(7(3-6)11(13)17)14-4-9(15)10(16)5-14/h1-3,9-10,15-16H,4-5,12H2,(H2,13,17). The summed E-state index contributed by atoms with van der Waals surface area (Å²) in [7, 11) is 0. The molecule has 1 fully saturated rings. The molecule has 0 aromatic heterocycles. The number of hydrogen-bond donors (Lipinski definition) is 4. The summed E-state index contributed by atoms with van der Waals surface area (Å²) in [5.41, 5.74) is 12.2. The minimum atomic E-state index is -0.812. The van der Waals surface area contributed by atoms with E-state index >= 15 is 0 Å². The Balaban J connectivity index is 2.36. The van der Waals surface area contributed by atoms with Crippen molar-refractivity contribution < 1.29 is 15.0 Å². The highest BCUT2D eigenvalue weighted by Crippen LogP contribution is 2.26. The van der Waals surface area contributed by atoms with Crippen molar-refractivity contribution in [2.75, 3.05) is 23.7 Å². The summed E-state index contributed by atoms with van der Waals surface area (Å²) in [6, 6.07) is 4.81. The number of nitrogens with zero attached hydrogens (tertiary/aromatic N) is 1. The summed E-state index contributed by atoms with van der Waals surface area (Å²) in [6.45, 7) is 0.538. The molecule has 6 N–H and O–H groups in total. The summed E-state index contributed by atoms with van der Waals surface area (Å²) >= 11 is 0. The number of carbonyl (C=O) groups is 1. The molecule has 0 bridgehead atoms. The smallest absolute Gasteiger partial charge is 0.250 e. The first-order chi connectivity index (χ1) is 7.99. The normalized spacial score (nSPS) is 24.0. The number of anilines is 2. The molecule has 1 aliphatic heterocycles. The summed E-state index contributed by atoms with van der Waals surface area (Å²) < 4.78 is 0. The van der Waals surface area contributed by atoms with Gasteiger partial charge in [0.05, 0.1) is 17.8 Å². The Kier molecular flexibility index (Phi) is 2.91. The zero-order valence-electron chi connectivity index (χ0n) is 9.21. The van der Waals surface area contributed by atoms with Crippen LogP contribution in [0.4, 0.5) is 11.4 Å². The third-order valence-corrected chi connectivity index (χ3v) is 2.89. The van der Waals surface area contributed by atoms with Gasteiger partial charge in [-0.1, -0.05) is 0 Å². The van der Waals surface area contributed by atoms with Gasteiger partial charge in [0, 0.05) is 24.5 Å². The SMILES string of the molecule is NC(=O)c1cc(N)ccc1N1CC(O)C(O)C1. The van der Waals surface area contributed by atoms with Crippen molar-refractivity contribution in [2.45, 2.75) is 12.2 Å². The molecular formula is C11H15N3O3. The van der Waals surface area contributed by atoms with Gasteiger partial charge in [-0.2, -0.15) is 0 Å². The Morgan fingerprint density at radius 1 is 1.29 bits per heavy atom. The number of nitrogen functional groups attached to an aromatic ring is 1. The number of β-amino-alcohol motifs (C(OH)–C–C–N with tert-alkyl or cyclic N) is 2. The molecule has 1 aromatic rings. The Hall–Kier alpha value is -1.79. The van der Waals surface area contributed by atoms with Gasteiger partial charge in [0.25, 0.3) is 5.91 Å². The lowest BCUT2D eigenvalue weighted by atomic mass is 10.1. The number of primary amides is 1. The number of aliphatic hydroxyl groups excluding tert-OH is 2. The molecule has 2 unspecified atom stereocenters. The summed E-state index contributed by atoms with van der Waals surface area (Å²) in [4.78, 5) is 13.0. The van der Waals surface area contributed by atoms with E-state index in [1.807, 2.05) is 0 Å². The van der Waals surface area contributed by atoms with E-state index in [2.05, 4.69) is 0 Å². The van der Waals surface area contributed by atoms with Crippen LogP contribution in [0.15, 0.2) is 18.2 Å². The Morgan fingerprint density at radius 3 is 2.41 bits per heavy atom. The van der Waals surface area contributed by atoms with E-state index in [0.29, 0.717) is 16.9 Å². The Bertz CT molecular complexity index is 440. The fourth-order valence-electron chi connectivity index (χ4n) is 1.99. The summed E-state index contributed by atoms with van der Waals surface area (Å²) in [5.74, 6) is -0.580. The predicted octanol–water partition coefficient (Wildman–Crippen LogP) is -1.09. The molecule has 0 radical (unpaired) electrons. The van der Waals surface area contributed by atoms with Crippen LogP contribution in [-0.4, -0.2) is 41.4 Å². The van der Waals surface area contributed by atoms with Crippen LogP contribution in [0.3, 0.4) is 0 Å². The number of aliphatic hydroxyl groups is 2. The highest BCUT2D eigenvalue weighted by Gasteiger charge is 2.31. The number of carbonyl (C=O) groups excluding carboxylic acids is 1. The molecule has 0 saturated carbocycles. The molecule has 0 aliphatic carbocycles. The third-order valence-electron chi connectivity index (χ3n) is 2.89. The zero-order chi connectivity index (χ0) is 12.6. The van der Waals surface area contributed by atoms with Gasteiger partial charge in [-0.3, -0.25) is 4.79 Å². The van der Waals surface area contributed by atoms with Crippen LogP contribution in [0.1, 0.15) is 10.4 Å². The van der Waals surface area contributed by atoms with Crippen molar-refractivity contribution in [2.24, 2.45) is 5.73 Å². The second-order valence-corrected chi connectivity index (χ2v) is 4.18. The highest BCUT2D eigenvalue weighted by molar-refractivity contribution is 5.99. The van der Waals surface area contributed by atoms with Crippen molar-refractivity contribution in [1.29, 1.82) is 0 Å². The van der Waals surface area contributed by atoms with Crippen molar-refractivity contribution in [3.63, 3.8) is 0 Å². The average Bonchev–Trinajstić information content (AvgIpc) is 2.59. The maximum atomic E-state index is 11.3. The quantitative estimate of drug-likeness (QED) is 0.488. The first-order valence-electron chi connectivity index (χ1n) is 5.29. The number of rotatable bonds is 2. The molecule has 0 spiro atoms. The van der Waals surface area contributed by atoms with E-state index in [1.54, 1.807) is 17.0 Å². The van der Waals surface area contributed by atoms with Gasteiger partial charge in [0.1, 0.15) is 0 Å². The van der Waals surface area contributed by atoms with Crippen molar-refractivity contribution in [3.8, 4) is 0 Å². The van der Waals surface area contributed by atoms with E-state index in [0.717, 1.165) is 0 Å². The van der Waals surface area contributed by atoms with Crippen LogP contribution in [0.25, 0.3) is 0 Å². The lowest BCUT2D eigenvalue weighted by Gasteiger charge is -2.20. The maximum Gasteiger partial charge on any atom is 0.250 e. The molecule has 1 aliphatic rings. The van der Waals surface area contributed by atoms with Crippen LogP contribution < -0.4 is 16.4 Å². The number of hydrogen-bond acceptors (Lipinski definition) is 5. The largest absolute Gasteiger partial charge is 0.399 e. The minimum absolute atomic E-state index is 0.269. The maximum absolute atomic E-state index is 11.3. The van der Waals surface area contributed by atoms with Crippen molar-refractivity contribution in [3.05, 3.63) is 23.8 Å². The minimum Gasteiger partial charge on any atom is -0.399 e.